The van der Waals surface area contributed by atoms with Crippen molar-refractivity contribution in [2.45, 2.75) is 35.8 Å². The van der Waals surface area contributed by atoms with Crippen LogP contribution in [0.2, 0.25) is 0 Å². The summed E-state index contributed by atoms with van der Waals surface area (Å²) in [6, 6.07) is 15.9. The molecule has 0 bridgehead atoms. The molecule has 2 aliphatic rings. The molecule has 0 aromatic heterocycles. The first-order chi connectivity index (χ1) is 12.7. The molecule has 0 spiro atoms. The second-order valence-corrected chi connectivity index (χ2v) is 7.80. The fraction of sp³-hybridized carbons (Fsp3) is 0.333. The Bertz CT molecular complexity index is 826. The largest absolute Gasteiger partial charge is 0.466 e. The molecule has 2 aromatic carbocycles. The van der Waals surface area contributed by atoms with Gasteiger partial charge in [0.15, 0.2) is 0 Å². The number of fused-ring (bicyclic) bond motifs is 2. The molecule has 0 N–H and O–H groups in total. The number of benzene rings is 2. The Labute approximate surface area is 157 Å². The second kappa shape index (κ2) is 7.16. The number of rotatable bonds is 3. The lowest BCUT2D eigenvalue weighted by molar-refractivity contribution is -0.145. The van der Waals surface area contributed by atoms with E-state index in [9.17, 15) is 9.59 Å². The molecule has 1 amide bonds. The van der Waals surface area contributed by atoms with Gasteiger partial charge in [0.2, 0.25) is 5.91 Å². The maximum atomic E-state index is 13.2. The Morgan fingerprint density at radius 3 is 2.73 bits per heavy atom. The topological polar surface area (TPSA) is 46.6 Å². The van der Waals surface area contributed by atoms with E-state index in [-0.39, 0.29) is 23.0 Å². The third kappa shape index (κ3) is 3.01. The van der Waals surface area contributed by atoms with E-state index in [0.29, 0.717) is 19.6 Å². The SMILES string of the molecule is CCOC(=O)[C@H]1CCN(C(=O)[C@@H]2Cc3ccccc3S2)c2ccccc21. The van der Waals surface area contributed by atoms with Crippen molar-refractivity contribution in [3.63, 3.8) is 0 Å². The minimum absolute atomic E-state index is 0.0976. The molecule has 2 aromatic rings. The van der Waals surface area contributed by atoms with Crippen LogP contribution >= 0.6 is 11.8 Å². The van der Waals surface area contributed by atoms with E-state index in [2.05, 4.69) is 12.1 Å². The van der Waals surface area contributed by atoms with E-state index in [4.69, 9.17) is 4.74 Å². The van der Waals surface area contributed by atoms with Gasteiger partial charge in [0.1, 0.15) is 0 Å². The molecule has 4 nitrogen and oxygen atoms in total. The number of thioether (sulfide) groups is 1. The highest BCUT2D eigenvalue weighted by atomic mass is 32.2. The highest BCUT2D eigenvalue weighted by molar-refractivity contribution is 8.01. The number of carbonyl (C=O) groups is 2. The van der Waals surface area contributed by atoms with Gasteiger partial charge in [-0.2, -0.15) is 0 Å². The third-order valence-corrected chi connectivity index (χ3v) is 6.31. The first-order valence-corrected chi connectivity index (χ1v) is 9.88. The molecule has 134 valence electrons. The monoisotopic (exact) mass is 367 g/mol. The van der Waals surface area contributed by atoms with Gasteiger partial charge in [0.05, 0.1) is 17.8 Å². The van der Waals surface area contributed by atoms with Crippen LogP contribution in [0, 0.1) is 0 Å². The zero-order chi connectivity index (χ0) is 18.1. The van der Waals surface area contributed by atoms with Crippen molar-refractivity contribution in [2.24, 2.45) is 0 Å². The van der Waals surface area contributed by atoms with Crippen LogP contribution in [0.4, 0.5) is 5.69 Å². The summed E-state index contributed by atoms with van der Waals surface area (Å²) in [5.74, 6) is -0.362. The first-order valence-electron chi connectivity index (χ1n) is 9.00. The van der Waals surface area contributed by atoms with Crippen LogP contribution in [-0.4, -0.2) is 30.3 Å². The summed E-state index contributed by atoms with van der Waals surface area (Å²) in [7, 11) is 0. The van der Waals surface area contributed by atoms with Crippen molar-refractivity contribution >= 4 is 29.3 Å². The van der Waals surface area contributed by atoms with Gasteiger partial charge in [-0.1, -0.05) is 36.4 Å². The number of carbonyl (C=O) groups excluding carboxylic acids is 2. The summed E-state index contributed by atoms with van der Waals surface area (Å²) in [6.45, 7) is 2.74. The number of amides is 1. The van der Waals surface area contributed by atoms with Gasteiger partial charge in [0, 0.05) is 17.1 Å². The summed E-state index contributed by atoms with van der Waals surface area (Å²) >= 11 is 1.64. The van der Waals surface area contributed by atoms with Crippen molar-refractivity contribution in [3.05, 3.63) is 59.7 Å². The second-order valence-electron chi connectivity index (χ2n) is 6.56. The Kier molecular flexibility index (Phi) is 4.72. The summed E-state index contributed by atoms with van der Waals surface area (Å²) in [4.78, 5) is 28.6. The maximum absolute atomic E-state index is 13.2. The van der Waals surface area contributed by atoms with Crippen LogP contribution in [0.5, 0.6) is 0 Å². The van der Waals surface area contributed by atoms with Gasteiger partial charge < -0.3 is 9.64 Å². The minimum Gasteiger partial charge on any atom is -0.466 e. The number of ether oxygens (including phenoxy) is 1. The minimum atomic E-state index is -0.288. The predicted octanol–water partition coefficient (Wildman–Crippen LogP) is 3.79. The fourth-order valence-corrected chi connectivity index (χ4v) is 5.03. The highest BCUT2D eigenvalue weighted by Gasteiger charge is 2.37. The van der Waals surface area contributed by atoms with E-state index in [1.54, 1.807) is 11.8 Å². The van der Waals surface area contributed by atoms with Crippen LogP contribution in [0.25, 0.3) is 0 Å². The average Bonchev–Trinajstić information content (AvgIpc) is 3.11. The van der Waals surface area contributed by atoms with Gasteiger partial charge in [-0.3, -0.25) is 9.59 Å². The number of hydrogen-bond donors (Lipinski definition) is 0. The molecule has 2 aliphatic heterocycles. The van der Waals surface area contributed by atoms with Gasteiger partial charge >= 0.3 is 5.97 Å². The molecule has 4 rings (SSSR count). The normalized spacial score (nSPS) is 21.0. The standard InChI is InChI=1S/C21H21NO3S/c1-2-25-21(24)16-11-12-22(17-9-5-4-8-15(16)17)20(23)19-13-14-7-3-6-10-18(14)26-19/h3-10,16,19H,2,11-13H2,1H3/t16-,19-/m0/s1. The van der Waals surface area contributed by atoms with Gasteiger partial charge in [-0.25, -0.2) is 0 Å². The first kappa shape index (κ1) is 17.2. The quantitative estimate of drug-likeness (QED) is 0.775. The van der Waals surface area contributed by atoms with Crippen molar-refractivity contribution in [3.8, 4) is 0 Å². The molecule has 2 atom stereocenters. The Morgan fingerprint density at radius 2 is 1.92 bits per heavy atom. The molecule has 0 fully saturated rings. The molecule has 5 heteroatoms. The molecule has 0 saturated carbocycles. The Hall–Kier alpha value is -2.27. The number of hydrogen-bond acceptors (Lipinski definition) is 4. The summed E-state index contributed by atoms with van der Waals surface area (Å²) < 4.78 is 5.23. The molecule has 2 heterocycles. The lowest BCUT2D eigenvalue weighted by Gasteiger charge is -2.34. The molecule has 0 aliphatic carbocycles. The maximum Gasteiger partial charge on any atom is 0.313 e. The van der Waals surface area contributed by atoms with Crippen molar-refractivity contribution in [2.75, 3.05) is 18.1 Å². The van der Waals surface area contributed by atoms with E-state index < -0.39 is 0 Å². The lowest BCUT2D eigenvalue weighted by Crippen LogP contribution is -2.42. The predicted molar refractivity (Wildman–Crippen MR) is 103 cm³/mol. The van der Waals surface area contributed by atoms with E-state index in [1.807, 2.05) is 48.2 Å². The van der Waals surface area contributed by atoms with Gasteiger partial charge in [-0.15, -0.1) is 11.8 Å². The van der Waals surface area contributed by atoms with Crippen molar-refractivity contribution < 1.29 is 14.3 Å². The third-order valence-electron chi connectivity index (χ3n) is 5.00. The molecule has 0 unspecified atom stereocenters. The summed E-state index contributed by atoms with van der Waals surface area (Å²) in [5, 5.41) is -0.0976. The smallest absolute Gasteiger partial charge is 0.313 e. The van der Waals surface area contributed by atoms with Crippen LogP contribution < -0.4 is 4.90 Å². The van der Waals surface area contributed by atoms with E-state index in [1.165, 1.54) is 10.5 Å². The number of para-hydroxylation sites is 1. The molecular weight excluding hydrogens is 346 g/mol. The van der Waals surface area contributed by atoms with E-state index in [0.717, 1.165) is 17.7 Å². The zero-order valence-electron chi connectivity index (χ0n) is 14.7. The van der Waals surface area contributed by atoms with Gasteiger partial charge in [-0.05, 0) is 43.0 Å². The Balaban J connectivity index is 1.59. The van der Waals surface area contributed by atoms with Crippen LogP contribution in [0.15, 0.2) is 53.4 Å². The number of nitrogens with zero attached hydrogens (tertiary/aromatic N) is 1. The number of anilines is 1. The average molecular weight is 367 g/mol. The van der Waals surface area contributed by atoms with Gasteiger partial charge in [0.25, 0.3) is 0 Å². The molecular formula is C21H21NO3S. The molecule has 26 heavy (non-hydrogen) atoms. The zero-order valence-corrected chi connectivity index (χ0v) is 15.5. The molecule has 0 saturated heterocycles. The summed E-state index contributed by atoms with van der Waals surface area (Å²) in [5.41, 5.74) is 2.98. The van der Waals surface area contributed by atoms with Crippen LogP contribution in [-0.2, 0) is 20.7 Å². The lowest BCUT2D eigenvalue weighted by atomic mass is 9.89. The fourth-order valence-electron chi connectivity index (χ4n) is 3.77. The Morgan fingerprint density at radius 1 is 1.15 bits per heavy atom. The van der Waals surface area contributed by atoms with Crippen LogP contribution in [0.3, 0.4) is 0 Å². The summed E-state index contributed by atoms with van der Waals surface area (Å²) in [6.07, 6.45) is 1.37. The number of esters is 1. The van der Waals surface area contributed by atoms with Crippen LogP contribution in [0.1, 0.15) is 30.4 Å². The molecule has 0 radical (unpaired) electrons. The highest BCUT2D eigenvalue weighted by Crippen LogP contribution is 2.41. The van der Waals surface area contributed by atoms with E-state index >= 15 is 0 Å². The van der Waals surface area contributed by atoms with Crippen molar-refractivity contribution in [1.82, 2.24) is 0 Å². The van der Waals surface area contributed by atoms with Crippen molar-refractivity contribution in [1.29, 1.82) is 0 Å².